The molecule has 15 heavy (non-hydrogen) atoms. The lowest BCUT2D eigenvalue weighted by Crippen LogP contribution is -2.06. The summed E-state index contributed by atoms with van der Waals surface area (Å²) in [4.78, 5) is 0. The third kappa shape index (κ3) is 2.86. The van der Waals surface area contributed by atoms with Crippen molar-refractivity contribution in [1.29, 1.82) is 0 Å². The quantitative estimate of drug-likeness (QED) is 0.631. The Balaban J connectivity index is 3.02. The van der Waals surface area contributed by atoms with E-state index in [1.54, 1.807) is 0 Å². The van der Waals surface area contributed by atoms with Gasteiger partial charge in [0, 0.05) is 5.92 Å². The van der Waals surface area contributed by atoms with Crippen LogP contribution >= 0.6 is 0 Å². The smallest absolute Gasteiger partial charge is 0.0240 e. The van der Waals surface area contributed by atoms with Crippen molar-refractivity contribution in [3.63, 3.8) is 0 Å². The van der Waals surface area contributed by atoms with Crippen molar-refractivity contribution in [3.05, 3.63) is 34.9 Å². The Bertz CT molecular complexity index is 390. The molecule has 2 unspecified atom stereocenters. The summed E-state index contributed by atoms with van der Waals surface area (Å²) < 4.78 is 0. The average molecular weight is 200 g/mol. The van der Waals surface area contributed by atoms with Crippen LogP contribution in [0.5, 0.6) is 0 Å². The molecule has 0 heteroatoms. The van der Waals surface area contributed by atoms with Gasteiger partial charge in [-0.2, -0.15) is 0 Å². The van der Waals surface area contributed by atoms with E-state index in [1.165, 1.54) is 16.7 Å². The van der Waals surface area contributed by atoms with Crippen molar-refractivity contribution in [2.75, 3.05) is 0 Å². The highest BCUT2D eigenvalue weighted by atomic mass is 14.2. The molecule has 80 valence electrons. The molecule has 0 aliphatic heterocycles. The van der Waals surface area contributed by atoms with Crippen LogP contribution in [0.2, 0.25) is 0 Å². The first-order valence-electron chi connectivity index (χ1n) is 5.55. The minimum Gasteiger partial charge on any atom is -0.106 e. The van der Waals surface area contributed by atoms with E-state index in [1.807, 2.05) is 6.92 Å². The summed E-state index contributed by atoms with van der Waals surface area (Å²) in [6, 6.07) is 6.66. The van der Waals surface area contributed by atoms with Gasteiger partial charge in [-0.1, -0.05) is 43.5 Å². The monoisotopic (exact) mass is 200 g/mol. The molecule has 0 heterocycles. The van der Waals surface area contributed by atoms with E-state index in [4.69, 9.17) is 0 Å². The minimum absolute atomic E-state index is 0.426. The topological polar surface area (TPSA) is 0 Å². The summed E-state index contributed by atoms with van der Waals surface area (Å²) in [6.45, 7) is 10.7. The molecule has 0 N–H and O–H groups in total. The normalized spacial score (nSPS) is 13.9. The highest BCUT2D eigenvalue weighted by Gasteiger charge is 2.14. The van der Waals surface area contributed by atoms with Gasteiger partial charge in [0.2, 0.25) is 0 Å². The number of hydrogen-bond donors (Lipinski definition) is 0. The maximum atomic E-state index is 3.24. The fourth-order valence-electron chi connectivity index (χ4n) is 1.87. The van der Waals surface area contributed by atoms with Crippen molar-refractivity contribution in [2.24, 2.45) is 5.92 Å². The number of aryl methyl sites for hydroxylation is 2. The van der Waals surface area contributed by atoms with E-state index in [0.29, 0.717) is 11.8 Å². The van der Waals surface area contributed by atoms with E-state index < -0.39 is 0 Å². The third-order valence-corrected chi connectivity index (χ3v) is 3.05. The maximum Gasteiger partial charge on any atom is 0.0240 e. The second-order valence-corrected chi connectivity index (χ2v) is 4.33. The molecular weight excluding hydrogens is 180 g/mol. The SMILES string of the molecule is CC#CC(C)C(C)c1cc(C)ccc1C. The van der Waals surface area contributed by atoms with Gasteiger partial charge in [0.1, 0.15) is 0 Å². The Morgan fingerprint density at radius 2 is 1.80 bits per heavy atom. The van der Waals surface area contributed by atoms with Crippen LogP contribution in [0.25, 0.3) is 0 Å². The zero-order valence-corrected chi connectivity index (χ0v) is 10.4. The van der Waals surface area contributed by atoms with Crippen LogP contribution in [0.15, 0.2) is 18.2 Å². The Morgan fingerprint density at radius 1 is 1.13 bits per heavy atom. The van der Waals surface area contributed by atoms with Crippen molar-refractivity contribution < 1.29 is 0 Å². The molecule has 0 nitrogen and oxygen atoms in total. The Labute approximate surface area is 93.7 Å². The molecule has 1 rings (SSSR count). The van der Waals surface area contributed by atoms with Gasteiger partial charge in [-0.3, -0.25) is 0 Å². The fraction of sp³-hybridized carbons (Fsp3) is 0.467. The summed E-state index contributed by atoms with van der Waals surface area (Å²) in [5.41, 5.74) is 4.14. The molecule has 2 atom stereocenters. The van der Waals surface area contributed by atoms with Crippen LogP contribution in [0.3, 0.4) is 0 Å². The van der Waals surface area contributed by atoms with Crippen LogP contribution in [-0.2, 0) is 0 Å². The van der Waals surface area contributed by atoms with Crippen molar-refractivity contribution in [1.82, 2.24) is 0 Å². The van der Waals surface area contributed by atoms with E-state index in [9.17, 15) is 0 Å². The Kier molecular flexibility index (Phi) is 3.97. The van der Waals surface area contributed by atoms with Gasteiger partial charge in [-0.25, -0.2) is 0 Å². The van der Waals surface area contributed by atoms with Gasteiger partial charge in [0.15, 0.2) is 0 Å². The Hall–Kier alpha value is -1.22. The van der Waals surface area contributed by atoms with E-state index in [-0.39, 0.29) is 0 Å². The first-order valence-corrected chi connectivity index (χ1v) is 5.55. The fourth-order valence-corrected chi connectivity index (χ4v) is 1.87. The van der Waals surface area contributed by atoms with Gasteiger partial charge in [-0.15, -0.1) is 5.92 Å². The molecule has 0 aliphatic rings. The van der Waals surface area contributed by atoms with Crippen LogP contribution < -0.4 is 0 Å². The number of rotatable bonds is 2. The van der Waals surface area contributed by atoms with Gasteiger partial charge in [0.05, 0.1) is 0 Å². The maximum absolute atomic E-state index is 3.24. The highest BCUT2D eigenvalue weighted by Crippen LogP contribution is 2.27. The molecule has 0 radical (unpaired) electrons. The molecule has 0 amide bonds. The summed E-state index contributed by atoms with van der Waals surface area (Å²) >= 11 is 0. The Morgan fingerprint density at radius 3 is 2.40 bits per heavy atom. The predicted octanol–water partition coefficient (Wildman–Crippen LogP) is 4.07. The molecule has 0 saturated carbocycles. The lowest BCUT2D eigenvalue weighted by Gasteiger charge is -2.18. The second kappa shape index (κ2) is 5.03. The average Bonchev–Trinajstić information content (AvgIpc) is 2.21. The summed E-state index contributed by atoms with van der Waals surface area (Å²) in [6.07, 6.45) is 0. The molecule has 1 aromatic rings. The molecule has 0 bridgehead atoms. The van der Waals surface area contributed by atoms with Gasteiger partial charge < -0.3 is 0 Å². The number of benzene rings is 1. The van der Waals surface area contributed by atoms with Crippen molar-refractivity contribution in [3.8, 4) is 11.8 Å². The van der Waals surface area contributed by atoms with Crippen LogP contribution in [0, 0.1) is 31.6 Å². The van der Waals surface area contributed by atoms with E-state index in [2.05, 4.69) is 57.7 Å². The van der Waals surface area contributed by atoms with Crippen LogP contribution in [0.4, 0.5) is 0 Å². The number of hydrogen-bond acceptors (Lipinski definition) is 0. The van der Waals surface area contributed by atoms with Crippen molar-refractivity contribution in [2.45, 2.75) is 40.5 Å². The first-order chi connectivity index (χ1) is 7.06. The molecule has 0 spiro atoms. The van der Waals surface area contributed by atoms with Gasteiger partial charge in [-0.05, 0) is 37.8 Å². The summed E-state index contributed by atoms with van der Waals surface area (Å²) in [5, 5.41) is 0. The largest absolute Gasteiger partial charge is 0.106 e. The van der Waals surface area contributed by atoms with E-state index >= 15 is 0 Å². The molecule has 0 aromatic heterocycles. The lowest BCUT2D eigenvalue weighted by molar-refractivity contribution is 0.606. The summed E-state index contributed by atoms with van der Waals surface area (Å²) in [7, 11) is 0. The van der Waals surface area contributed by atoms with Crippen LogP contribution in [0.1, 0.15) is 43.4 Å². The predicted molar refractivity (Wildman–Crippen MR) is 66.9 cm³/mol. The summed E-state index contributed by atoms with van der Waals surface area (Å²) in [5.74, 6) is 7.18. The van der Waals surface area contributed by atoms with Crippen molar-refractivity contribution >= 4 is 0 Å². The standard InChI is InChI=1S/C15H20/c1-6-7-12(3)14(5)15-10-11(2)8-9-13(15)4/h8-10,12,14H,1-5H3. The lowest BCUT2D eigenvalue weighted by atomic mass is 9.86. The minimum atomic E-state index is 0.426. The molecule has 0 fully saturated rings. The molecule has 1 aromatic carbocycles. The van der Waals surface area contributed by atoms with Gasteiger partial charge in [0.25, 0.3) is 0 Å². The highest BCUT2D eigenvalue weighted by molar-refractivity contribution is 5.34. The van der Waals surface area contributed by atoms with Crippen LogP contribution in [-0.4, -0.2) is 0 Å². The molecule has 0 aliphatic carbocycles. The zero-order valence-electron chi connectivity index (χ0n) is 10.4. The van der Waals surface area contributed by atoms with Gasteiger partial charge >= 0.3 is 0 Å². The molecular formula is C15H20. The molecule has 0 saturated heterocycles. The second-order valence-electron chi connectivity index (χ2n) is 4.33. The van der Waals surface area contributed by atoms with E-state index in [0.717, 1.165) is 0 Å². The first kappa shape index (κ1) is 11.9. The zero-order chi connectivity index (χ0) is 11.4. The third-order valence-electron chi connectivity index (χ3n) is 3.05.